The molecule has 1 aliphatic rings. The third-order valence-corrected chi connectivity index (χ3v) is 6.53. The van der Waals surface area contributed by atoms with Crippen molar-refractivity contribution in [2.75, 3.05) is 5.32 Å². The maximum absolute atomic E-state index is 5.03. The van der Waals surface area contributed by atoms with Gasteiger partial charge in [0.1, 0.15) is 0 Å². The minimum atomic E-state index is 0.363. The van der Waals surface area contributed by atoms with Gasteiger partial charge in [0.2, 0.25) is 5.95 Å². The highest BCUT2D eigenvalue weighted by Crippen LogP contribution is 2.46. The van der Waals surface area contributed by atoms with Crippen LogP contribution < -0.4 is 5.32 Å². The zero-order valence-electron chi connectivity index (χ0n) is 18.6. The predicted octanol–water partition coefficient (Wildman–Crippen LogP) is 7.29. The van der Waals surface area contributed by atoms with E-state index in [2.05, 4.69) is 87.0 Å². The van der Waals surface area contributed by atoms with E-state index in [1.807, 2.05) is 0 Å². The fourth-order valence-corrected chi connectivity index (χ4v) is 5.40. The molecule has 1 N–H and O–H groups in total. The zero-order valence-corrected chi connectivity index (χ0v) is 18.6. The second-order valence-corrected chi connectivity index (χ2v) is 9.68. The maximum atomic E-state index is 5.03. The van der Waals surface area contributed by atoms with Crippen LogP contribution in [0.25, 0.3) is 11.0 Å². The molecule has 154 valence electrons. The Morgan fingerprint density at radius 1 is 1.07 bits per heavy atom. The summed E-state index contributed by atoms with van der Waals surface area (Å²) in [5, 5.41) is 3.72. The number of imidazole rings is 1. The minimum absolute atomic E-state index is 0.363. The van der Waals surface area contributed by atoms with Gasteiger partial charge in [-0.15, -0.1) is 0 Å². The summed E-state index contributed by atoms with van der Waals surface area (Å²) >= 11 is 0. The second kappa shape index (κ2) is 7.85. The van der Waals surface area contributed by atoms with Crippen LogP contribution in [0, 0.1) is 11.3 Å². The van der Waals surface area contributed by atoms with Gasteiger partial charge in [0.15, 0.2) is 0 Å². The van der Waals surface area contributed by atoms with Crippen LogP contribution in [-0.4, -0.2) is 9.55 Å². The van der Waals surface area contributed by atoms with Gasteiger partial charge in [-0.2, -0.15) is 0 Å². The van der Waals surface area contributed by atoms with E-state index in [0.29, 0.717) is 11.5 Å². The van der Waals surface area contributed by atoms with E-state index in [1.54, 1.807) is 0 Å². The fourth-order valence-electron chi connectivity index (χ4n) is 5.40. The molecule has 0 bridgehead atoms. The largest absolute Gasteiger partial charge is 0.325 e. The number of para-hydroxylation sites is 2. The summed E-state index contributed by atoms with van der Waals surface area (Å²) in [4.78, 5) is 5.03. The lowest BCUT2D eigenvalue weighted by atomic mass is 9.70. The summed E-state index contributed by atoms with van der Waals surface area (Å²) in [5.41, 5.74) is 6.62. The number of aromatic nitrogens is 2. The first-order chi connectivity index (χ1) is 13.9. The first-order valence-corrected chi connectivity index (χ1v) is 11.3. The number of aryl methyl sites for hydroxylation is 2. The van der Waals surface area contributed by atoms with E-state index in [1.165, 1.54) is 41.6 Å². The lowest BCUT2D eigenvalue weighted by Gasteiger charge is -2.40. The molecule has 0 spiro atoms. The van der Waals surface area contributed by atoms with Gasteiger partial charge in [-0.1, -0.05) is 58.9 Å². The van der Waals surface area contributed by atoms with Crippen molar-refractivity contribution in [1.29, 1.82) is 0 Å². The van der Waals surface area contributed by atoms with Crippen molar-refractivity contribution in [1.82, 2.24) is 9.55 Å². The number of benzene rings is 2. The quantitative estimate of drug-likeness (QED) is 0.496. The SMILES string of the molecule is CCc1ccc(Nc2nc3ccccc3n2[C@@H]2C[C@H](C)CC(C)(C)C2)c(CC)c1. The molecule has 3 aromatic rings. The third-order valence-electron chi connectivity index (χ3n) is 6.53. The van der Waals surface area contributed by atoms with Crippen molar-refractivity contribution in [3.05, 3.63) is 53.6 Å². The number of hydrogen-bond donors (Lipinski definition) is 1. The number of nitrogens with zero attached hydrogens (tertiary/aromatic N) is 2. The van der Waals surface area contributed by atoms with Crippen LogP contribution in [0.5, 0.6) is 0 Å². The smallest absolute Gasteiger partial charge is 0.208 e. The molecule has 0 aliphatic heterocycles. The Balaban J connectivity index is 1.78. The molecule has 1 heterocycles. The summed E-state index contributed by atoms with van der Waals surface area (Å²) in [5.74, 6) is 1.72. The molecule has 1 aliphatic carbocycles. The van der Waals surface area contributed by atoms with Crippen LogP contribution in [0.1, 0.15) is 71.0 Å². The predicted molar refractivity (Wildman–Crippen MR) is 124 cm³/mol. The molecule has 3 nitrogen and oxygen atoms in total. The molecular formula is C26H35N3. The molecule has 1 fully saturated rings. The van der Waals surface area contributed by atoms with Gasteiger partial charge in [-0.3, -0.25) is 0 Å². The van der Waals surface area contributed by atoms with E-state index >= 15 is 0 Å². The molecular weight excluding hydrogens is 354 g/mol. The first kappa shape index (κ1) is 20.0. The van der Waals surface area contributed by atoms with Gasteiger partial charge >= 0.3 is 0 Å². The normalized spacial score (nSPS) is 21.4. The highest BCUT2D eigenvalue weighted by atomic mass is 15.2. The number of hydrogen-bond acceptors (Lipinski definition) is 2. The van der Waals surface area contributed by atoms with E-state index in [0.717, 1.165) is 30.2 Å². The van der Waals surface area contributed by atoms with Crippen molar-refractivity contribution in [3.8, 4) is 0 Å². The Morgan fingerprint density at radius 3 is 2.59 bits per heavy atom. The van der Waals surface area contributed by atoms with Crippen LogP contribution in [0.15, 0.2) is 42.5 Å². The van der Waals surface area contributed by atoms with Crippen molar-refractivity contribution >= 4 is 22.7 Å². The van der Waals surface area contributed by atoms with Gasteiger partial charge in [0.05, 0.1) is 11.0 Å². The van der Waals surface area contributed by atoms with Gasteiger partial charge in [-0.05, 0) is 72.8 Å². The molecule has 0 radical (unpaired) electrons. The van der Waals surface area contributed by atoms with Crippen LogP contribution >= 0.6 is 0 Å². The average molecular weight is 390 g/mol. The third kappa shape index (κ3) is 4.05. The molecule has 2 aromatic carbocycles. The zero-order chi connectivity index (χ0) is 20.6. The van der Waals surface area contributed by atoms with E-state index in [4.69, 9.17) is 4.98 Å². The van der Waals surface area contributed by atoms with Crippen LogP contribution in [0.4, 0.5) is 11.6 Å². The Kier molecular flexibility index (Phi) is 5.42. The standard InChI is InChI=1S/C26H35N3/c1-6-19-12-13-22(20(7-2)15-19)27-25-28-23-10-8-9-11-24(23)29(25)21-14-18(3)16-26(4,5)17-21/h8-13,15,18,21H,6-7,14,16-17H2,1-5H3,(H,27,28)/t18-,21+/m0/s1. The van der Waals surface area contributed by atoms with Crippen molar-refractivity contribution in [3.63, 3.8) is 0 Å². The average Bonchev–Trinajstić information content (AvgIpc) is 3.04. The Morgan fingerprint density at radius 2 is 1.86 bits per heavy atom. The van der Waals surface area contributed by atoms with Crippen LogP contribution in [0.3, 0.4) is 0 Å². The molecule has 3 heteroatoms. The van der Waals surface area contributed by atoms with Crippen molar-refractivity contribution < 1.29 is 0 Å². The maximum Gasteiger partial charge on any atom is 0.208 e. The molecule has 2 atom stereocenters. The van der Waals surface area contributed by atoms with Gasteiger partial charge in [-0.25, -0.2) is 4.98 Å². The summed E-state index contributed by atoms with van der Waals surface area (Å²) in [6.07, 6.45) is 5.80. The van der Waals surface area contributed by atoms with E-state index in [9.17, 15) is 0 Å². The monoisotopic (exact) mass is 389 g/mol. The van der Waals surface area contributed by atoms with Gasteiger partial charge in [0.25, 0.3) is 0 Å². The van der Waals surface area contributed by atoms with Crippen molar-refractivity contribution in [2.24, 2.45) is 11.3 Å². The molecule has 29 heavy (non-hydrogen) atoms. The summed E-state index contributed by atoms with van der Waals surface area (Å²) < 4.78 is 2.49. The highest BCUT2D eigenvalue weighted by molar-refractivity contribution is 5.80. The van der Waals surface area contributed by atoms with E-state index < -0.39 is 0 Å². The fraction of sp³-hybridized carbons (Fsp3) is 0.500. The second-order valence-electron chi connectivity index (χ2n) is 9.68. The minimum Gasteiger partial charge on any atom is -0.325 e. The molecule has 0 amide bonds. The lowest BCUT2D eigenvalue weighted by molar-refractivity contribution is 0.140. The van der Waals surface area contributed by atoms with Crippen LogP contribution in [0.2, 0.25) is 0 Å². The number of fused-ring (bicyclic) bond motifs is 1. The number of anilines is 2. The van der Waals surface area contributed by atoms with Crippen LogP contribution in [-0.2, 0) is 12.8 Å². The number of rotatable bonds is 5. The Bertz CT molecular complexity index is 998. The molecule has 1 aromatic heterocycles. The summed E-state index contributed by atoms with van der Waals surface area (Å²) in [6.45, 7) is 11.7. The molecule has 0 unspecified atom stereocenters. The molecule has 1 saturated carbocycles. The number of nitrogens with one attached hydrogen (secondary N) is 1. The lowest BCUT2D eigenvalue weighted by Crippen LogP contribution is -2.29. The highest BCUT2D eigenvalue weighted by Gasteiger charge is 2.34. The molecule has 4 rings (SSSR count). The van der Waals surface area contributed by atoms with Gasteiger partial charge in [0, 0.05) is 11.7 Å². The van der Waals surface area contributed by atoms with Gasteiger partial charge < -0.3 is 9.88 Å². The van der Waals surface area contributed by atoms with E-state index in [-0.39, 0.29) is 0 Å². The molecule has 0 saturated heterocycles. The Hall–Kier alpha value is -2.29. The topological polar surface area (TPSA) is 29.9 Å². The first-order valence-electron chi connectivity index (χ1n) is 11.3. The Labute approximate surface area is 175 Å². The summed E-state index contributed by atoms with van der Waals surface area (Å²) in [7, 11) is 0. The van der Waals surface area contributed by atoms with Crippen molar-refractivity contribution in [2.45, 2.75) is 72.8 Å². The summed E-state index contributed by atoms with van der Waals surface area (Å²) in [6, 6.07) is 15.9.